The molecule has 6 heterocycles. The van der Waals surface area contributed by atoms with Crippen LogP contribution in [0, 0.1) is 0 Å². The van der Waals surface area contributed by atoms with Crippen LogP contribution in [0.2, 0.25) is 36.3 Å². The molecule has 0 aromatic carbocycles. The van der Waals surface area contributed by atoms with Crippen molar-refractivity contribution < 1.29 is 44.3 Å². The Morgan fingerprint density at radius 3 is 1.39 bits per heavy atom. The molecule has 0 unspecified atom stereocenters. The fourth-order valence-electron chi connectivity index (χ4n) is 6.02. The molecule has 4 atom stereocenters. The number of carbonyl (C=O) groups is 2. The molecule has 4 fully saturated rings. The van der Waals surface area contributed by atoms with Crippen LogP contribution in [-0.2, 0) is 41.0 Å². The number of rotatable bonds is 12. The van der Waals surface area contributed by atoms with Crippen molar-refractivity contribution in [3.63, 3.8) is 0 Å². The van der Waals surface area contributed by atoms with Gasteiger partial charge in [0.05, 0.1) is 12.1 Å². The van der Waals surface area contributed by atoms with Crippen molar-refractivity contribution in [3.8, 4) is 0 Å². The van der Waals surface area contributed by atoms with E-state index in [-0.39, 0.29) is 48.2 Å². The molecule has 0 N–H and O–H groups in total. The van der Waals surface area contributed by atoms with Crippen molar-refractivity contribution in [2.45, 2.75) is 141 Å². The SMILES string of the molecule is CC(C)(C)[Si](C)(C)OCc1nnc([C@@H]2CC[C@@H]3CN2C(=O)N3OS(=O)(=O)ON2C(=O)N3C[C@H]2CC[C@H]3c2nnc(CO[Si](C)(C)C(C)(C)C)o2)o1. The predicted molar refractivity (Wildman–Crippen MR) is 183 cm³/mol. The maximum absolute atomic E-state index is 13.4. The van der Waals surface area contributed by atoms with Gasteiger partial charge in [-0.15, -0.1) is 29.0 Å². The Bertz CT molecular complexity index is 1620. The summed E-state index contributed by atoms with van der Waals surface area (Å²) in [5, 5.41) is 18.2. The summed E-state index contributed by atoms with van der Waals surface area (Å²) in [6.07, 6.45) is 1.72. The summed E-state index contributed by atoms with van der Waals surface area (Å²) >= 11 is 0. The van der Waals surface area contributed by atoms with Gasteiger partial charge in [-0.05, 0) is 61.9 Å². The summed E-state index contributed by atoms with van der Waals surface area (Å²) in [6.45, 7) is 22.0. The summed E-state index contributed by atoms with van der Waals surface area (Å²) in [7, 11) is -9.00. The third kappa shape index (κ3) is 7.47. The Morgan fingerprint density at radius 2 is 1.04 bits per heavy atom. The van der Waals surface area contributed by atoms with Gasteiger partial charge in [-0.3, -0.25) is 0 Å². The van der Waals surface area contributed by atoms with Gasteiger partial charge in [0.2, 0.25) is 23.6 Å². The number of piperidine rings is 2. The number of fused-ring (bicyclic) bond motifs is 4. The lowest BCUT2D eigenvalue weighted by Gasteiger charge is -2.35. The maximum Gasteiger partial charge on any atom is 0.442 e. The molecule has 21 heteroatoms. The molecule has 4 bridgehead atoms. The van der Waals surface area contributed by atoms with Crippen LogP contribution >= 0.6 is 0 Å². The second-order valence-corrected chi connectivity index (χ2v) is 27.5. The monoisotopic (exact) mass is 770 g/mol. The molecule has 6 rings (SSSR count). The second kappa shape index (κ2) is 13.2. The minimum absolute atomic E-state index is 0.00494. The standard InChI is InChI=1S/C30H50N8O10SSi2/c1-29(2,3)50(7,8)43-17-23-31-33-25(45-23)21-13-11-19-15-35(21)27(39)37(19)47-49(41,42)48-38-20-12-14-22(36(16-20)28(38)40)26-34-32-24(46-26)18-44-51(9,10)30(4,5)6/h19-22H,11-18H2,1-10H3/t19-,20-,21+,22+/m1/s1. The van der Waals surface area contributed by atoms with Gasteiger partial charge in [0.15, 0.2) is 16.6 Å². The Balaban J connectivity index is 1.05. The molecule has 2 aromatic rings. The quantitative estimate of drug-likeness (QED) is 0.256. The zero-order valence-corrected chi connectivity index (χ0v) is 33.9. The van der Waals surface area contributed by atoms with E-state index in [1.54, 1.807) is 0 Å². The minimum atomic E-state index is -4.89. The van der Waals surface area contributed by atoms with Crippen LogP contribution in [0.1, 0.15) is 103 Å². The van der Waals surface area contributed by atoms with Gasteiger partial charge >= 0.3 is 22.5 Å². The molecule has 51 heavy (non-hydrogen) atoms. The fourth-order valence-corrected chi connectivity index (χ4v) is 8.65. The maximum atomic E-state index is 13.4. The average molecular weight is 771 g/mol. The summed E-state index contributed by atoms with van der Waals surface area (Å²) in [5.41, 5.74) is 0. The van der Waals surface area contributed by atoms with Gasteiger partial charge in [-0.2, -0.15) is 18.5 Å². The van der Waals surface area contributed by atoms with Crippen LogP contribution < -0.4 is 0 Å². The Morgan fingerprint density at radius 1 is 0.667 bits per heavy atom. The molecule has 4 aliphatic heterocycles. The number of amides is 4. The van der Waals surface area contributed by atoms with Gasteiger partial charge in [0, 0.05) is 13.1 Å². The highest BCUT2D eigenvalue weighted by Gasteiger charge is 2.53. The van der Waals surface area contributed by atoms with Crippen molar-refractivity contribution in [2.75, 3.05) is 13.1 Å². The van der Waals surface area contributed by atoms with E-state index in [1.807, 2.05) is 0 Å². The van der Waals surface area contributed by atoms with Crippen LogP contribution in [0.4, 0.5) is 9.59 Å². The lowest BCUT2D eigenvalue weighted by molar-refractivity contribution is -0.0841. The third-order valence-electron chi connectivity index (χ3n) is 11.2. The van der Waals surface area contributed by atoms with E-state index in [0.717, 1.165) is 10.1 Å². The van der Waals surface area contributed by atoms with Crippen LogP contribution in [0.5, 0.6) is 0 Å². The largest absolute Gasteiger partial charge is 0.442 e. The first-order valence-electron chi connectivity index (χ1n) is 17.3. The highest BCUT2D eigenvalue weighted by Crippen LogP contribution is 2.42. The molecular formula is C30H50N8O10SSi2. The second-order valence-electron chi connectivity index (χ2n) is 16.7. The zero-order valence-electron chi connectivity index (χ0n) is 31.0. The Hall–Kier alpha value is -2.96. The third-order valence-corrected chi connectivity index (χ3v) is 20.9. The first-order valence-corrected chi connectivity index (χ1v) is 24.5. The van der Waals surface area contributed by atoms with Gasteiger partial charge in [0.1, 0.15) is 25.3 Å². The molecular weight excluding hydrogens is 721 g/mol. The molecule has 4 aliphatic rings. The molecule has 0 spiro atoms. The molecule has 284 valence electrons. The van der Waals surface area contributed by atoms with Gasteiger partial charge in [-0.1, -0.05) is 41.5 Å². The molecule has 4 saturated heterocycles. The first kappa shape index (κ1) is 37.8. The molecule has 0 aliphatic carbocycles. The fraction of sp³-hybridized carbons (Fsp3) is 0.800. The van der Waals surface area contributed by atoms with Gasteiger partial charge in [0.25, 0.3) is 0 Å². The predicted octanol–water partition coefficient (Wildman–Crippen LogP) is 5.19. The Labute approximate surface area is 300 Å². The minimum Gasteiger partial charge on any atom is -0.421 e. The smallest absolute Gasteiger partial charge is 0.421 e. The van der Waals surface area contributed by atoms with Crippen molar-refractivity contribution >= 4 is 39.1 Å². The Kier molecular flexibility index (Phi) is 9.75. The zero-order chi connectivity index (χ0) is 37.3. The van der Waals surface area contributed by atoms with Crippen molar-refractivity contribution in [1.29, 1.82) is 0 Å². The molecule has 18 nitrogen and oxygen atoms in total. The number of carbonyl (C=O) groups excluding carboxylic acids is 2. The summed E-state index contributed by atoms with van der Waals surface area (Å²) < 4.78 is 61.0. The molecule has 2 aromatic heterocycles. The number of urea groups is 2. The highest BCUT2D eigenvalue weighted by atomic mass is 32.3. The highest BCUT2D eigenvalue weighted by molar-refractivity contribution is 7.81. The van der Waals surface area contributed by atoms with Crippen LogP contribution in [0.15, 0.2) is 8.83 Å². The van der Waals surface area contributed by atoms with E-state index in [4.69, 9.17) is 26.3 Å². The van der Waals surface area contributed by atoms with Crippen molar-refractivity contribution in [1.82, 2.24) is 40.3 Å². The average Bonchev–Trinajstić information content (AvgIpc) is 3.80. The van der Waals surface area contributed by atoms with Crippen LogP contribution in [0.25, 0.3) is 0 Å². The molecule has 0 radical (unpaired) electrons. The van der Waals surface area contributed by atoms with Gasteiger partial charge < -0.3 is 27.5 Å². The van der Waals surface area contributed by atoms with E-state index < -0.39 is 63.3 Å². The van der Waals surface area contributed by atoms with E-state index in [0.29, 0.717) is 37.5 Å². The molecule has 0 saturated carbocycles. The lowest BCUT2D eigenvalue weighted by Crippen LogP contribution is -2.41. The number of aromatic nitrogens is 4. The van der Waals surface area contributed by atoms with E-state index >= 15 is 0 Å². The van der Waals surface area contributed by atoms with E-state index in [2.05, 4.69) is 88.1 Å². The lowest BCUT2D eigenvalue weighted by atomic mass is 10.0. The topological polar surface area (TPSA) is 196 Å². The number of hydrogen-bond acceptors (Lipinski definition) is 14. The first-order chi connectivity index (χ1) is 23.6. The normalized spacial score (nSPS) is 24.7. The summed E-state index contributed by atoms with van der Waals surface area (Å²) in [5.74, 6) is 1.10. The summed E-state index contributed by atoms with van der Waals surface area (Å²) in [6, 6.07) is -3.63. The molecule has 4 amide bonds. The van der Waals surface area contributed by atoms with Crippen LogP contribution in [0.3, 0.4) is 0 Å². The van der Waals surface area contributed by atoms with Crippen LogP contribution in [-0.4, -0.2) is 103 Å². The number of nitrogens with zero attached hydrogens (tertiary/aromatic N) is 8. The van der Waals surface area contributed by atoms with E-state index in [1.165, 1.54) is 9.80 Å². The number of hydrogen-bond donors (Lipinski definition) is 0. The van der Waals surface area contributed by atoms with E-state index in [9.17, 15) is 18.0 Å². The van der Waals surface area contributed by atoms with Gasteiger partial charge in [-0.25, -0.2) is 9.59 Å². The number of hydroxylamine groups is 4. The van der Waals surface area contributed by atoms with Crippen molar-refractivity contribution in [3.05, 3.63) is 23.6 Å². The summed E-state index contributed by atoms with van der Waals surface area (Å²) in [4.78, 5) is 29.8. The van der Waals surface area contributed by atoms with Crippen molar-refractivity contribution in [2.24, 2.45) is 0 Å².